The van der Waals surface area contributed by atoms with E-state index in [-0.39, 0.29) is 33.4 Å². The van der Waals surface area contributed by atoms with Crippen LogP contribution in [0.5, 0.6) is 0 Å². The highest BCUT2D eigenvalue weighted by Crippen LogP contribution is 2.31. The van der Waals surface area contributed by atoms with E-state index in [1.165, 1.54) is 22.8 Å². The second-order valence-corrected chi connectivity index (χ2v) is 5.00. The number of hydrogen-bond donors (Lipinski definition) is 0. The van der Waals surface area contributed by atoms with Gasteiger partial charge in [-0.2, -0.15) is 0 Å². The van der Waals surface area contributed by atoms with E-state index in [9.17, 15) is 13.2 Å². The summed E-state index contributed by atoms with van der Waals surface area (Å²) < 4.78 is 42.6. The van der Waals surface area contributed by atoms with Gasteiger partial charge in [-0.05, 0) is 12.1 Å². The molecule has 0 N–H and O–H groups in total. The molecule has 0 radical (unpaired) electrons. The lowest BCUT2D eigenvalue weighted by Crippen LogP contribution is -2.03. The Balaban J connectivity index is 2.46. The zero-order chi connectivity index (χ0) is 15.1. The number of para-hydroxylation sites is 1. The summed E-state index contributed by atoms with van der Waals surface area (Å²) in [5.41, 5.74) is -0.0659. The molecule has 0 atom stereocenters. The predicted molar refractivity (Wildman–Crippen MR) is 75.5 cm³/mol. The number of alkyl halides is 1. The van der Waals surface area contributed by atoms with Crippen LogP contribution in [0.1, 0.15) is 5.82 Å². The maximum atomic E-state index is 14.1. The molecule has 0 bridgehead atoms. The van der Waals surface area contributed by atoms with Gasteiger partial charge in [-0.3, -0.25) is 4.57 Å². The summed E-state index contributed by atoms with van der Waals surface area (Å²) in [4.78, 5) is 3.99. The Morgan fingerprint density at radius 2 is 1.86 bits per heavy atom. The van der Waals surface area contributed by atoms with E-state index in [1.54, 1.807) is 0 Å². The Kier molecular flexibility index (Phi) is 3.55. The molecule has 0 spiro atoms. The van der Waals surface area contributed by atoms with Crippen LogP contribution in [0, 0.1) is 17.5 Å². The minimum atomic E-state index is -0.845. The van der Waals surface area contributed by atoms with Crippen LogP contribution < -0.4 is 0 Å². The van der Waals surface area contributed by atoms with Crippen molar-refractivity contribution in [3.8, 4) is 5.69 Å². The van der Waals surface area contributed by atoms with Crippen LogP contribution in [-0.4, -0.2) is 9.55 Å². The first kappa shape index (κ1) is 14.2. The van der Waals surface area contributed by atoms with E-state index < -0.39 is 17.5 Å². The fourth-order valence-electron chi connectivity index (χ4n) is 2.19. The van der Waals surface area contributed by atoms with Crippen molar-refractivity contribution in [3.63, 3.8) is 0 Å². The Morgan fingerprint density at radius 1 is 1.10 bits per heavy atom. The molecule has 0 saturated heterocycles. The van der Waals surface area contributed by atoms with Gasteiger partial charge in [0.15, 0.2) is 5.82 Å². The maximum absolute atomic E-state index is 14.1. The molecule has 21 heavy (non-hydrogen) atoms. The number of imidazole rings is 1. The standard InChI is InChI=1S/C14H7Cl2F3N2/c15-6-12-20-13-10(19)4-7(17)5-11(13)21(12)14-8(16)2-1-3-9(14)18/h1-5H,6H2. The molecule has 1 aromatic heterocycles. The van der Waals surface area contributed by atoms with Gasteiger partial charge in [0.05, 0.1) is 16.4 Å². The van der Waals surface area contributed by atoms with Crippen molar-refractivity contribution in [3.05, 3.63) is 58.6 Å². The van der Waals surface area contributed by atoms with Crippen LogP contribution in [0.4, 0.5) is 13.2 Å². The van der Waals surface area contributed by atoms with Crippen molar-refractivity contribution in [2.24, 2.45) is 0 Å². The molecule has 1 heterocycles. The van der Waals surface area contributed by atoms with Gasteiger partial charge in [0.2, 0.25) is 0 Å². The largest absolute Gasteiger partial charge is 0.291 e. The van der Waals surface area contributed by atoms with E-state index in [1.807, 2.05) is 0 Å². The molecule has 7 heteroatoms. The van der Waals surface area contributed by atoms with E-state index in [0.717, 1.165) is 6.07 Å². The first-order chi connectivity index (χ1) is 10.0. The van der Waals surface area contributed by atoms with Crippen LogP contribution in [0.15, 0.2) is 30.3 Å². The fraction of sp³-hybridized carbons (Fsp3) is 0.0714. The van der Waals surface area contributed by atoms with E-state index in [0.29, 0.717) is 6.07 Å². The topological polar surface area (TPSA) is 17.8 Å². The third kappa shape index (κ3) is 2.26. The van der Waals surface area contributed by atoms with Crippen molar-refractivity contribution in [2.75, 3.05) is 0 Å². The van der Waals surface area contributed by atoms with Crippen molar-refractivity contribution in [1.82, 2.24) is 9.55 Å². The average Bonchev–Trinajstić information content (AvgIpc) is 2.78. The Bertz CT molecular complexity index is 826. The third-order valence-electron chi connectivity index (χ3n) is 3.03. The normalized spacial score (nSPS) is 11.3. The number of nitrogens with zero attached hydrogens (tertiary/aromatic N) is 2. The van der Waals surface area contributed by atoms with Gasteiger partial charge in [0.1, 0.15) is 28.7 Å². The molecule has 2 nitrogen and oxygen atoms in total. The lowest BCUT2D eigenvalue weighted by Gasteiger charge is -2.11. The number of benzene rings is 2. The number of hydrogen-bond acceptors (Lipinski definition) is 1. The quantitative estimate of drug-likeness (QED) is 0.615. The van der Waals surface area contributed by atoms with Gasteiger partial charge in [-0.25, -0.2) is 18.2 Å². The van der Waals surface area contributed by atoms with Gasteiger partial charge in [0.25, 0.3) is 0 Å². The van der Waals surface area contributed by atoms with E-state index >= 15 is 0 Å². The number of fused-ring (bicyclic) bond motifs is 1. The minimum Gasteiger partial charge on any atom is -0.291 e. The van der Waals surface area contributed by atoms with Crippen LogP contribution in [0.3, 0.4) is 0 Å². The van der Waals surface area contributed by atoms with Gasteiger partial charge >= 0.3 is 0 Å². The molecule has 3 aromatic rings. The number of rotatable bonds is 2. The Morgan fingerprint density at radius 3 is 2.52 bits per heavy atom. The minimum absolute atomic E-state index is 0.0395. The van der Waals surface area contributed by atoms with Crippen LogP contribution in [-0.2, 0) is 5.88 Å². The van der Waals surface area contributed by atoms with Crippen LogP contribution in [0.25, 0.3) is 16.7 Å². The van der Waals surface area contributed by atoms with E-state index in [2.05, 4.69) is 4.98 Å². The second-order valence-electron chi connectivity index (χ2n) is 4.32. The van der Waals surface area contributed by atoms with Crippen molar-refractivity contribution in [2.45, 2.75) is 5.88 Å². The summed E-state index contributed by atoms with van der Waals surface area (Å²) in [6.07, 6.45) is 0. The lowest BCUT2D eigenvalue weighted by atomic mass is 10.2. The molecule has 0 saturated carbocycles. The SMILES string of the molecule is Fc1cc(F)c2nc(CCl)n(-c3c(F)cccc3Cl)c2c1. The molecule has 0 amide bonds. The van der Waals surface area contributed by atoms with Gasteiger partial charge in [-0.1, -0.05) is 17.7 Å². The smallest absolute Gasteiger partial charge is 0.153 e. The van der Waals surface area contributed by atoms with Gasteiger partial charge in [-0.15, -0.1) is 11.6 Å². The van der Waals surface area contributed by atoms with Gasteiger partial charge < -0.3 is 0 Å². The van der Waals surface area contributed by atoms with Crippen LogP contribution >= 0.6 is 23.2 Å². The average molecular weight is 331 g/mol. The molecule has 2 aromatic carbocycles. The highest BCUT2D eigenvalue weighted by atomic mass is 35.5. The molecule has 0 unspecified atom stereocenters. The molecule has 3 rings (SSSR count). The zero-order valence-electron chi connectivity index (χ0n) is 10.4. The first-order valence-electron chi connectivity index (χ1n) is 5.89. The van der Waals surface area contributed by atoms with Crippen molar-refractivity contribution >= 4 is 34.2 Å². The Hall–Kier alpha value is -1.72. The highest BCUT2D eigenvalue weighted by molar-refractivity contribution is 6.32. The first-order valence-corrected chi connectivity index (χ1v) is 6.81. The highest BCUT2D eigenvalue weighted by Gasteiger charge is 2.20. The number of aromatic nitrogens is 2. The summed E-state index contributed by atoms with van der Waals surface area (Å²) in [5, 5.41) is 0.0883. The summed E-state index contributed by atoms with van der Waals surface area (Å²) in [6.45, 7) is 0. The predicted octanol–water partition coefficient (Wildman–Crippen LogP) is 4.84. The van der Waals surface area contributed by atoms with E-state index in [4.69, 9.17) is 23.2 Å². The maximum Gasteiger partial charge on any atom is 0.153 e. The van der Waals surface area contributed by atoms with Crippen LogP contribution in [0.2, 0.25) is 5.02 Å². The second kappa shape index (κ2) is 5.24. The lowest BCUT2D eigenvalue weighted by molar-refractivity contribution is 0.590. The summed E-state index contributed by atoms with van der Waals surface area (Å²) in [7, 11) is 0. The molecule has 0 aliphatic carbocycles. The zero-order valence-corrected chi connectivity index (χ0v) is 11.9. The molecule has 0 fully saturated rings. The molecular formula is C14H7Cl2F3N2. The molecule has 0 aliphatic rings. The van der Waals surface area contributed by atoms with Gasteiger partial charge in [0, 0.05) is 12.1 Å². The summed E-state index contributed by atoms with van der Waals surface area (Å²) in [5.74, 6) is -2.22. The molecule has 108 valence electrons. The summed E-state index contributed by atoms with van der Waals surface area (Å²) in [6, 6.07) is 5.87. The monoisotopic (exact) mass is 330 g/mol. The van der Waals surface area contributed by atoms with Crippen molar-refractivity contribution in [1.29, 1.82) is 0 Å². The molecular weight excluding hydrogens is 324 g/mol. The molecule has 0 aliphatic heterocycles. The third-order valence-corrected chi connectivity index (χ3v) is 3.57. The van der Waals surface area contributed by atoms with Crippen molar-refractivity contribution < 1.29 is 13.2 Å². The number of halogens is 5. The fourth-order valence-corrected chi connectivity index (χ4v) is 2.62. The Labute approximate surface area is 127 Å². The summed E-state index contributed by atoms with van der Waals surface area (Å²) >= 11 is 11.8.